The fourth-order valence-electron chi connectivity index (χ4n) is 4.05. The van der Waals surface area contributed by atoms with Gasteiger partial charge in [-0.3, -0.25) is 9.36 Å². The summed E-state index contributed by atoms with van der Waals surface area (Å²) >= 11 is 0. The highest BCUT2D eigenvalue weighted by Gasteiger charge is 2.36. The van der Waals surface area contributed by atoms with Crippen molar-refractivity contribution in [2.45, 2.75) is 18.9 Å². The van der Waals surface area contributed by atoms with Gasteiger partial charge in [0.05, 0.1) is 29.0 Å². The Morgan fingerprint density at radius 1 is 1.09 bits per heavy atom. The number of nitrogens with one attached hydrogen (secondary N) is 2. The molecule has 0 saturated heterocycles. The maximum absolute atomic E-state index is 13.9. The topological polar surface area (TPSA) is 101 Å². The van der Waals surface area contributed by atoms with Crippen molar-refractivity contribution < 1.29 is 4.39 Å². The predicted molar refractivity (Wildman–Crippen MR) is 118 cm³/mol. The number of anilines is 1. The molecule has 1 atom stereocenters. The lowest BCUT2D eigenvalue weighted by molar-refractivity contribution is 0.608. The highest BCUT2D eigenvalue weighted by molar-refractivity contribution is 5.82. The second kappa shape index (κ2) is 7.23. The Labute approximate surface area is 181 Å². The van der Waals surface area contributed by atoms with Crippen LogP contribution in [0.1, 0.15) is 24.7 Å². The molecule has 0 aliphatic heterocycles. The largest absolute Gasteiger partial charge is 0.358 e. The van der Waals surface area contributed by atoms with Crippen molar-refractivity contribution in [3.05, 3.63) is 83.2 Å². The van der Waals surface area contributed by atoms with Gasteiger partial charge >= 0.3 is 0 Å². The first-order chi connectivity index (χ1) is 15.7. The summed E-state index contributed by atoms with van der Waals surface area (Å²) in [6, 6.07) is 13.1. The first-order valence-electron chi connectivity index (χ1n) is 10.4. The van der Waals surface area contributed by atoms with Crippen LogP contribution in [0, 0.1) is 11.7 Å². The summed E-state index contributed by atoms with van der Waals surface area (Å²) in [5.41, 5.74) is 2.07. The summed E-state index contributed by atoms with van der Waals surface area (Å²) in [6.07, 6.45) is 5.03. The third-order valence-electron chi connectivity index (χ3n) is 5.76. The van der Waals surface area contributed by atoms with Crippen molar-refractivity contribution in [2.75, 3.05) is 5.32 Å². The zero-order valence-electron chi connectivity index (χ0n) is 16.9. The van der Waals surface area contributed by atoms with Gasteiger partial charge < -0.3 is 10.3 Å². The highest BCUT2D eigenvalue weighted by Crippen LogP contribution is 2.43. The Morgan fingerprint density at radius 3 is 2.75 bits per heavy atom. The predicted octanol–water partition coefficient (Wildman–Crippen LogP) is 3.75. The lowest BCUT2D eigenvalue weighted by Gasteiger charge is -2.23. The van der Waals surface area contributed by atoms with Crippen molar-refractivity contribution in [1.82, 2.24) is 29.5 Å². The molecule has 0 unspecified atom stereocenters. The highest BCUT2D eigenvalue weighted by atomic mass is 19.1. The molecule has 0 spiro atoms. The van der Waals surface area contributed by atoms with E-state index in [1.54, 1.807) is 17.0 Å². The van der Waals surface area contributed by atoms with Crippen LogP contribution in [0.15, 0.2) is 66.0 Å². The van der Waals surface area contributed by atoms with Crippen LogP contribution in [0.4, 0.5) is 10.2 Å². The molecular weight excluding hydrogens is 409 g/mol. The third-order valence-corrected chi connectivity index (χ3v) is 5.76. The molecule has 0 bridgehead atoms. The van der Waals surface area contributed by atoms with Gasteiger partial charge in [-0.15, -0.1) is 0 Å². The summed E-state index contributed by atoms with van der Waals surface area (Å²) in [7, 11) is 0. The lowest BCUT2D eigenvalue weighted by atomic mass is 10.1. The molecule has 5 aromatic rings. The standard InChI is InChI=1S/C23H18FN7O/c24-14-8-9-17-16(10-14)23(32)31(15-4-2-1-3-5-15)22(29-17)18(13-6-7-13)30-21-19-20(26-11-25-19)27-12-28-21/h1-5,8-13,18H,6-7H2,(H2,25,26,27,28,30)/t18-/m0/s1. The van der Waals surface area contributed by atoms with Crippen LogP contribution in [0.25, 0.3) is 27.8 Å². The second-order valence-electron chi connectivity index (χ2n) is 7.89. The number of nitrogens with zero attached hydrogens (tertiary/aromatic N) is 5. The molecule has 1 aliphatic rings. The van der Waals surface area contributed by atoms with Gasteiger partial charge in [0.2, 0.25) is 0 Å². The molecule has 2 N–H and O–H groups in total. The number of aromatic amines is 1. The van der Waals surface area contributed by atoms with Gasteiger partial charge in [-0.05, 0) is 49.1 Å². The van der Waals surface area contributed by atoms with Crippen molar-refractivity contribution in [1.29, 1.82) is 0 Å². The van der Waals surface area contributed by atoms with E-state index in [4.69, 9.17) is 4.98 Å². The van der Waals surface area contributed by atoms with Gasteiger partial charge in [-0.1, -0.05) is 18.2 Å². The van der Waals surface area contributed by atoms with E-state index in [9.17, 15) is 9.18 Å². The number of fused-ring (bicyclic) bond motifs is 2. The Bertz CT molecular complexity index is 1510. The van der Waals surface area contributed by atoms with Gasteiger partial charge in [0.15, 0.2) is 11.5 Å². The molecule has 1 aliphatic carbocycles. The average Bonchev–Trinajstić information content (AvgIpc) is 3.54. The molecule has 3 aromatic heterocycles. The number of hydrogen-bond acceptors (Lipinski definition) is 6. The maximum atomic E-state index is 13.9. The summed E-state index contributed by atoms with van der Waals surface area (Å²) < 4.78 is 15.5. The van der Waals surface area contributed by atoms with E-state index in [0.29, 0.717) is 34.0 Å². The van der Waals surface area contributed by atoms with E-state index in [1.807, 2.05) is 30.3 Å². The first-order valence-corrected chi connectivity index (χ1v) is 10.4. The minimum Gasteiger partial charge on any atom is -0.358 e. The summed E-state index contributed by atoms with van der Waals surface area (Å²) in [4.78, 5) is 34.2. The van der Waals surface area contributed by atoms with Crippen molar-refractivity contribution in [3.8, 4) is 5.69 Å². The Hall–Kier alpha value is -4.14. The van der Waals surface area contributed by atoms with E-state index < -0.39 is 5.82 Å². The van der Waals surface area contributed by atoms with Gasteiger partial charge in [-0.25, -0.2) is 24.3 Å². The van der Waals surface area contributed by atoms with Gasteiger partial charge in [0.25, 0.3) is 5.56 Å². The first kappa shape index (κ1) is 18.6. The molecule has 9 heteroatoms. The SMILES string of the molecule is O=c1c2cc(F)ccc2nc([C@@H](Nc2ncnc3nc[nH]c23)C2CC2)n1-c1ccccc1. The molecular formula is C23H18FN7O. The summed E-state index contributed by atoms with van der Waals surface area (Å²) in [5.74, 6) is 0.970. The summed E-state index contributed by atoms with van der Waals surface area (Å²) in [5, 5.41) is 3.72. The number of para-hydroxylation sites is 1. The molecule has 6 rings (SSSR count). The molecule has 2 aromatic carbocycles. The van der Waals surface area contributed by atoms with Gasteiger partial charge in [0, 0.05) is 0 Å². The maximum Gasteiger partial charge on any atom is 0.266 e. The minimum absolute atomic E-state index is 0.241. The Balaban J connectivity index is 1.58. The Kier molecular flexibility index (Phi) is 4.20. The molecule has 3 heterocycles. The lowest BCUT2D eigenvalue weighted by Crippen LogP contribution is -2.29. The molecule has 0 radical (unpaired) electrons. The smallest absolute Gasteiger partial charge is 0.266 e. The van der Waals surface area contributed by atoms with E-state index in [0.717, 1.165) is 12.8 Å². The van der Waals surface area contributed by atoms with Gasteiger partial charge in [-0.2, -0.15) is 0 Å². The second-order valence-corrected chi connectivity index (χ2v) is 7.89. The molecule has 1 saturated carbocycles. The van der Waals surface area contributed by atoms with E-state index in [2.05, 4.69) is 25.3 Å². The van der Waals surface area contributed by atoms with Crippen LogP contribution in [0.3, 0.4) is 0 Å². The monoisotopic (exact) mass is 427 g/mol. The number of halogens is 1. The van der Waals surface area contributed by atoms with Crippen molar-refractivity contribution >= 4 is 27.9 Å². The minimum atomic E-state index is -0.469. The van der Waals surface area contributed by atoms with Crippen LogP contribution < -0.4 is 10.9 Å². The number of rotatable bonds is 5. The quantitative estimate of drug-likeness (QED) is 0.443. The van der Waals surface area contributed by atoms with Crippen LogP contribution in [-0.4, -0.2) is 29.5 Å². The number of hydrogen-bond donors (Lipinski definition) is 2. The zero-order valence-corrected chi connectivity index (χ0v) is 16.9. The molecule has 158 valence electrons. The Morgan fingerprint density at radius 2 is 1.94 bits per heavy atom. The normalized spacial score (nSPS) is 14.7. The number of imidazole rings is 1. The van der Waals surface area contributed by atoms with Crippen molar-refractivity contribution in [3.63, 3.8) is 0 Å². The number of H-pyrrole nitrogens is 1. The molecule has 8 nitrogen and oxygen atoms in total. The number of benzene rings is 2. The molecule has 0 amide bonds. The fraction of sp³-hybridized carbons (Fsp3) is 0.174. The average molecular weight is 427 g/mol. The van der Waals surface area contributed by atoms with E-state index >= 15 is 0 Å². The van der Waals surface area contributed by atoms with Crippen LogP contribution >= 0.6 is 0 Å². The van der Waals surface area contributed by atoms with Crippen molar-refractivity contribution in [2.24, 2.45) is 5.92 Å². The molecule has 32 heavy (non-hydrogen) atoms. The van der Waals surface area contributed by atoms with Crippen LogP contribution in [0.2, 0.25) is 0 Å². The van der Waals surface area contributed by atoms with E-state index in [-0.39, 0.29) is 22.9 Å². The number of aromatic nitrogens is 6. The van der Waals surface area contributed by atoms with E-state index in [1.165, 1.54) is 18.5 Å². The zero-order chi connectivity index (χ0) is 21.7. The fourth-order valence-corrected chi connectivity index (χ4v) is 4.05. The molecule has 1 fully saturated rings. The summed E-state index contributed by atoms with van der Waals surface area (Å²) in [6.45, 7) is 0. The van der Waals surface area contributed by atoms with Crippen LogP contribution in [0.5, 0.6) is 0 Å². The third kappa shape index (κ3) is 3.09. The van der Waals surface area contributed by atoms with Gasteiger partial charge in [0.1, 0.15) is 23.5 Å². The van der Waals surface area contributed by atoms with Crippen LogP contribution in [-0.2, 0) is 0 Å².